The average Bonchev–Trinajstić information content (AvgIpc) is 2.74. The van der Waals surface area contributed by atoms with Gasteiger partial charge in [0.15, 0.2) is 0 Å². The van der Waals surface area contributed by atoms with E-state index in [1.807, 2.05) is 31.2 Å². The van der Waals surface area contributed by atoms with E-state index in [9.17, 15) is 9.59 Å². The maximum absolute atomic E-state index is 12.3. The number of benzene rings is 2. The number of carbonyl (C=O) groups excluding carboxylic acids is 2. The number of nitrogens with zero attached hydrogens (tertiary/aromatic N) is 1. The second-order valence-corrected chi connectivity index (χ2v) is 6.12. The van der Waals surface area contributed by atoms with Crippen LogP contribution < -0.4 is 9.64 Å². The minimum atomic E-state index is -0.635. The lowest BCUT2D eigenvalue weighted by molar-refractivity contribution is -0.140. The van der Waals surface area contributed by atoms with Gasteiger partial charge in [-0.15, -0.1) is 0 Å². The number of aryl methyl sites for hydroxylation is 1. The molecule has 0 N–H and O–H groups in total. The summed E-state index contributed by atoms with van der Waals surface area (Å²) in [7, 11) is 2.51. The third-order valence-electron chi connectivity index (χ3n) is 4.24. The van der Waals surface area contributed by atoms with Crippen molar-refractivity contribution in [3.8, 4) is 11.5 Å². The van der Waals surface area contributed by atoms with Crippen LogP contribution in [0.3, 0.4) is 0 Å². The molecule has 0 bridgehead atoms. The molecule has 1 heterocycles. The van der Waals surface area contributed by atoms with Crippen molar-refractivity contribution < 1.29 is 28.5 Å². The SMILES string of the molecule is COC(=O)C1=C(C(=O)OC)N(c2ccc(Oc3ccc(C)cc3)cc2)COC1. The zero-order valence-corrected chi connectivity index (χ0v) is 15.9. The molecule has 7 nitrogen and oxygen atoms in total. The van der Waals surface area contributed by atoms with Gasteiger partial charge in [0, 0.05) is 5.69 Å². The molecule has 0 aromatic heterocycles. The normalized spacial score (nSPS) is 13.9. The number of hydrogen-bond donors (Lipinski definition) is 0. The van der Waals surface area contributed by atoms with Gasteiger partial charge < -0.3 is 23.8 Å². The van der Waals surface area contributed by atoms with Crippen LogP contribution in [-0.4, -0.2) is 39.5 Å². The molecule has 1 aliphatic heterocycles. The number of methoxy groups -OCH3 is 2. The molecule has 0 unspecified atom stereocenters. The highest BCUT2D eigenvalue weighted by molar-refractivity contribution is 6.03. The first kappa shape index (κ1) is 19.4. The molecule has 0 saturated carbocycles. The van der Waals surface area contributed by atoms with Crippen molar-refractivity contribution in [3.63, 3.8) is 0 Å². The highest BCUT2D eigenvalue weighted by Crippen LogP contribution is 2.29. The molecule has 2 aromatic rings. The summed E-state index contributed by atoms with van der Waals surface area (Å²) < 4.78 is 20.9. The van der Waals surface area contributed by atoms with Crippen LogP contribution in [0, 0.1) is 6.92 Å². The molecule has 0 spiro atoms. The van der Waals surface area contributed by atoms with Crippen LogP contribution in [0.1, 0.15) is 5.56 Å². The summed E-state index contributed by atoms with van der Waals surface area (Å²) in [6.45, 7) is 2.08. The first-order valence-electron chi connectivity index (χ1n) is 8.63. The van der Waals surface area contributed by atoms with Crippen molar-refractivity contribution in [2.24, 2.45) is 0 Å². The molecular weight excluding hydrogens is 362 g/mol. The standard InChI is InChI=1S/C21H21NO6/c1-14-4-8-16(9-5-14)28-17-10-6-15(7-11-17)22-13-27-12-18(20(23)25-2)19(22)21(24)26-3/h4-11H,12-13H2,1-3H3. The Hall–Kier alpha value is -3.32. The number of hydrogen-bond acceptors (Lipinski definition) is 7. The van der Waals surface area contributed by atoms with E-state index in [0.717, 1.165) is 11.3 Å². The largest absolute Gasteiger partial charge is 0.466 e. The average molecular weight is 383 g/mol. The minimum Gasteiger partial charge on any atom is -0.466 e. The summed E-state index contributed by atoms with van der Waals surface area (Å²) in [5.41, 5.74) is 2.02. The van der Waals surface area contributed by atoms with Crippen molar-refractivity contribution >= 4 is 17.6 Å². The van der Waals surface area contributed by atoms with Gasteiger partial charge in [-0.25, -0.2) is 9.59 Å². The van der Waals surface area contributed by atoms with Gasteiger partial charge in [0.2, 0.25) is 0 Å². The van der Waals surface area contributed by atoms with Gasteiger partial charge in [0.1, 0.15) is 23.9 Å². The summed E-state index contributed by atoms with van der Waals surface area (Å²) in [6, 6.07) is 14.8. The molecule has 1 aliphatic rings. The van der Waals surface area contributed by atoms with E-state index in [2.05, 4.69) is 0 Å². The van der Waals surface area contributed by atoms with Gasteiger partial charge in [-0.05, 0) is 43.3 Å². The molecule has 0 fully saturated rings. The maximum atomic E-state index is 12.3. The highest BCUT2D eigenvalue weighted by Gasteiger charge is 2.32. The van der Waals surface area contributed by atoms with Crippen LogP contribution in [0.25, 0.3) is 0 Å². The van der Waals surface area contributed by atoms with E-state index < -0.39 is 11.9 Å². The van der Waals surface area contributed by atoms with Crippen LogP contribution >= 0.6 is 0 Å². The van der Waals surface area contributed by atoms with E-state index in [4.69, 9.17) is 18.9 Å². The monoisotopic (exact) mass is 383 g/mol. The quantitative estimate of drug-likeness (QED) is 0.734. The fraction of sp³-hybridized carbons (Fsp3) is 0.238. The van der Waals surface area contributed by atoms with Crippen LogP contribution in [0.15, 0.2) is 59.8 Å². The molecular formula is C21H21NO6. The lowest BCUT2D eigenvalue weighted by atomic mass is 10.1. The van der Waals surface area contributed by atoms with Crippen LogP contribution in [-0.2, 0) is 23.8 Å². The van der Waals surface area contributed by atoms with Crippen LogP contribution in [0.5, 0.6) is 11.5 Å². The highest BCUT2D eigenvalue weighted by atomic mass is 16.5. The molecule has 0 saturated heterocycles. The van der Waals surface area contributed by atoms with Crippen LogP contribution in [0.4, 0.5) is 5.69 Å². The first-order valence-corrected chi connectivity index (χ1v) is 8.63. The zero-order valence-electron chi connectivity index (χ0n) is 15.9. The van der Waals surface area contributed by atoms with Crippen molar-refractivity contribution in [2.75, 3.05) is 32.5 Å². The summed E-state index contributed by atoms with van der Waals surface area (Å²) in [5.74, 6) is 0.0956. The first-order chi connectivity index (χ1) is 13.5. The van der Waals surface area contributed by atoms with Crippen LogP contribution in [0.2, 0.25) is 0 Å². The summed E-state index contributed by atoms with van der Waals surface area (Å²) >= 11 is 0. The Bertz CT molecular complexity index is 886. The third-order valence-corrected chi connectivity index (χ3v) is 4.24. The van der Waals surface area contributed by atoms with Crippen molar-refractivity contribution in [3.05, 3.63) is 65.4 Å². The molecule has 0 radical (unpaired) electrons. The fourth-order valence-corrected chi connectivity index (χ4v) is 2.78. The minimum absolute atomic E-state index is 0.0256. The summed E-state index contributed by atoms with van der Waals surface area (Å²) in [5, 5.41) is 0. The molecule has 7 heteroatoms. The maximum Gasteiger partial charge on any atom is 0.355 e. The predicted molar refractivity (Wildman–Crippen MR) is 102 cm³/mol. The van der Waals surface area contributed by atoms with Gasteiger partial charge in [0.25, 0.3) is 0 Å². The van der Waals surface area contributed by atoms with E-state index in [1.165, 1.54) is 14.2 Å². The number of esters is 2. The van der Waals surface area contributed by atoms with Crippen molar-refractivity contribution in [1.29, 1.82) is 0 Å². The second-order valence-electron chi connectivity index (χ2n) is 6.12. The van der Waals surface area contributed by atoms with Gasteiger partial charge in [-0.3, -0.25) is 0 Å². The lowest BCUT2D eigenvalue weighted by Crippen LogP contribution is -2.38. The molecule has 0 atom stereocenters. The Balaban J connectivity index is 1.87. The Labute approximate surface area is 163 Å². The molecule has 0 aliphatic carbocycles. The Morgan fingerprint density at radius 3 is 2.04 bits per heavy atom. The second kappa shape index (κ2) is 8.58. The third kappa shape index (κ3) is 4.15. The Kier molecular flexibility index (Phi) is 5.96. The van der Waals surface area contributed by atoms with Crippen molar-refractivity contribution in [2.45, 2.75) is 6.92 Å². The number of anilines is 1. The van der Waals surface area contributed by atoms with Gasteiger partial charge >= 0.3 is 11.9 Å². The van der Waals surface area contributed by atoms with Gasteiger partial charge in [-0.2, -0.15) is 0 Å². The predicted octanol–water partition coefficient (Wildman–Crippen LogP) is 3.18. The van der Waals surface area contributed by atoms with Crippen molar-refractivity contribution in [1.82, 2.24) is 0 Å². The summed E-state index contributed by atoms with van der Waals surface area (Å²) in [6.07, 6.45) is 0. The molecule has 0 amide bonds. The van der Waals surface area contributed by atoms with E-state index in [0.29, 0.717) is 11.4 Å². The zero-order chi connectivity index (χ0) is 20.1. The number of ether oxygens (including phenoxy) is 4. The fourth-order valence-electron chi connectivity index (χ4n) is 2.78. The van der Waals surface area contributed by atoms with Gasteiger partial charge in [-0.1, -0.05) is 17.7 Å². The molecule has 2 aromatic carbocycles. The topological polar surface area (TPSA) is 74.3 Å². The smallest absolute Gasteiger partial charge is 0.355 e. The van der Waals surface area contributed by atoms with Gasteiger partial charge in [0.05, 0.1) is 26.4 Å². The molecule has 146 valence electrons. The molecule has 28 heavy (non-hydrogen) atoms. The van der Waals surface area contributed by atoms with E-state index >= 15 is 0 Å². The number of rotatable bonds is 5. The van der Waals surface area contributed by atoms with E-state index in [1.54, 1.807) is 29.2 Å². The summed E-state index contributed by atoms with van der Waals surface area (Å²) in [4.78, 5) is 25.9. The lowest BCUT2D eigenvalue weighted by Gasteiger charge is -2.31. The van der Waals surface area contributed by atoms with E-state index in [-0.39, 0.29) is 24.6 Å². The molecule has 3 rings (SSSR count). The Morgan fingerprint density at radius 1 is 0.893 bits per heavy atom. The Morgan fingerprint density at radius 2 is 1.46 bits per heavy atom. The number of carbonyl (C=O) groups is 2.